The fourth-order valence-electron chi connectivity index (χ4n) is 22.1. The standard InChI is InChI=1S/C36H59N7O6.C36H61N7O6.C34H57N7O6/c1-11-15-37-30(46)27(44)23(18-21-13-14-21)38-29(45)26-25-22(36(25,8)9)19-43(26)31(47)28(35(5,6)7)40-32(48)39-24(34(2,3)4)20-42-17-12-16-41(10)33(42)49;1-12-14-16-23(27(44)30(46)37-17-13-2)38-29(45)26-25-22(36(25,9)10)20-43(26)31(47)28(35(6,7)8)40-32(48)39-24(34(3,4)5)21-42-19-15-18-41(11)33(42)49;1-32(2,3)22(18-40-15-11-14-39(9)31(40)47)37-30(46)38-26(33(4,5)6)29(45)41-17-20-23(34(20,7)8)24(41)28(44)36-21(25(42)27(35)43)16-19-12-10-13-19/h11,21-26,28H,1,12-20H2,2-10H3,(H,37,46)(H,38,45)(H2,39,40,48);13,22-26,28H,2,12,14-21H2,1,3-11H3,(H,37,46)(H,38,45)(H2,39,40,48);19-24,26H,10-18H2,1-9H3,(H2,35,43)(H,36,44)(H2,37,38,46)/t2*22-,23?,24+,25-,26-,28+;20-,21?,22+,23-,24-,26+/m000/s1. The molecule has 6 aliphatic heterocycles. The predicted octanol–water partition coefficient (Wildman–Crippen LogP) is 7.50. The molecular weight excluding hydrogens is 1860 g/mol. The first-order valence-electron chi connectivity index (χ1n) is 52.7. The second kappa shape index (κ2) is 46.4. The van der Waals surface area contributed by atoms with E-state index in [4.69, 9.17) is 5.73 Å². The highest BCUT2D eigenvalue weighted by molar-refractivity contribution is 6.39. The molecule has 18 atom stereocenters. The normalized spacial score (nSPS) is 24.8. The summed E-state index contributed by atoms with van der Waals surface area (Å²) in [5.74, 6) is -7.12. The molecule has 0 radical (unpaired) electrons. The molecule has 0 spiro atoms. The number of Topliss-reactive ketones (excluding diaryl/α,β-unsaturated/α-hetero) is 3. The molecule has 39 heteroatoms. The Labute approximate surface area is 860 Å². The van der Waals surface area contributed by atoms with Gasteiger partial charge in [-0.3, -0.25) is 57.5 Å². The first-order valence-corrected chi connectivity index (χ1v) is 52.7. The Kier molecular flexibility index (Phi) is 37.7. The molecule has 0 aromatic rings. The maximum atomic E-state index is 14.4. The predicted molar refractivity (Wildman–Crippen MR) is 551 cm³/mol. The van der Waals surface area contributed by atoms with Crippen LogP contribution in [0.25, 0.3) is 0 Å². The summed E-state index contributed by atoms with van der Waals surface area (Å²) >= 11 is 0. The average Bonchev–Trinajstić information content (AvgIpc) is 1.53. The van der Waals surface area contributed by atoms with Crippen molar-refractivity contribution in [3.63, 3.8) is 0 Å². The Balaban J connectivity index is 0.000000242. The fraction of sp³-hybridized carbons (Fsp3) is 0.792. The van der Waals surface area contributed by atoms with Gasteiger partial charge in [0.05, 0.1) is 36.3 Å². The Morgan fingerprint density at radius 2 is 0.655 bits per heavy atom. The maximum Gasteiger partial charge on any atom is 0.319 e. The third-order valence-corrected chi connectivity index (χ3v) is 32.6. The highest BCUT2D eigenvalue weighted by Crippen LogP contribution is 2.67. The van der Waals surface area contributed by atoms with Crippen LogP contribution in [0.4, 0.5) is 28.8 Å². The van der Waals surface area contributed by atoms with E-state index in [9.17, 15) is 86.3 Å². The van der Waals surface area contributed by atoms with Crippen molar-refractivity contribution in [3.05, 3.63) is 25.3 Å². The van der Waals surface area contributed by atoms with Crippen molar-refractivity contribution in [3.8, 4) is 0 Å². The van der Waals surface area contributed by atoms with Gasteiger partial charge in [-0.15, -0.1) is 13.2 Å². The molecule has 145 heavy (non-hydrogen) atoms. The number of rotatable bonds is 38. The van der Waals surface area contributed by atoms with E-state index in [1.54, 1.807) is 65.2 Å². The van der Waals surface area contributed by atoms with Crippen LogP contribution in [0.15, 0.2) is 25.3 Å². The van der Waals surface area contributed by atoms with Gasteiger partial charge in [-0.05, 0) is 135 Å². The monoisotopic (exact) mass is 2030 g/mol. The summed E-state index contributed by atoms with van der Waals surface area (Å²) < 4.78 is 0. The van der Waals surface area contributed by atoms with E-state index in [1.807, 2.05) is 132 Å². The summed E-state index contributed by atoms with van der Waals surface area (Å²) in [6.07, 6.45) is 12.6. The van der Waals surface area contributed by atoms with Crippen LogP contribution < -0.4 is 64.2 Å². The van der Waals surface area contributed by atoms with Crippen molar-refractivity contribution in [2.45, 2.75) is 329 Å². The average molecular weight is 2030 g/mol. The molecule has 3 unspecified atom stereocenters. The van der Waals surface area contributed by atoms with Crippen LogP contribution in [-0.2, 0) is 57.5 Å². The molecule has 6 heterocycles. The minimum atomic E-state index is -1.09. The van der Waals surface area contributed by atoms with E-state index in [-0.39, 0.29) is 112 Å². The minimum absolute atomic E-state index is 0.0767. The van der Waals surface area contributed by atoms with Crippen molar-refractivity contribution in [2.24, 2.45) is 102 Å². The number of primary amides is 1. The van der Waals surface area contributed by atoms with Crippen LogP contribution in [0, 0.1) is 96.1 Å². The second-order valence-corrected chi connectivity index (χ2v) is 51.2. The lowest BCUT2D eigenvalue weighted by atomic mass is 9.80. The van der Waals surface area contributed by atoms with E-state index < -0.39 is 176 Å². The van der Waals surface area contributed by atoms with Crippen LogP contribution in [-0.4, -0.2) is 336 Å². The number of nitrogens with two attached hydrogens (primary N) is 1. The number of likely N-dealkylation sites (tertiary alicyclic amines) is 3. The van der Waals surface area contributed by atoms with Gasteiger partial charge in [-0.1, -0.05) is 230 Å². The Hall–Kier alpha value is -10.7. The van der Waals surface area contributed by atoms with Crippen molar-refractivity contribution in [2.75, 3.05) is 113 Å². The van der Waals surface area contributed by atoms with Crippen LogP contribution >= 0.6 is 0 Å². The zero-order valence-electron chi connectivity index (χ0n) is 92.2. The van der Waals surface area contributed by atoms with Crippen molar-refractivity contribution in [1.82, 2.24) is 103 Å². The SMILES string of the molecule is C=CCNC(=O)C(=O)C(CC1CC1)NC(=O)[C@@H]1[C@@H]2[C@H](CN1C(=O)[C@@H](NC(=O)N[C@H](CN1CCCN(C)C1=O)C(C)(C)C)C(C)(C)C)C2(C)C.C=CCNC(=O)C(=O)C(CCCC)NC(=O)[C@@H]1[C@@H]2[C@H](CN1C(=O)[C@@H](NC(=O)N[C@H](CN1CCCN(C)C1=O)C(C)(C)C)C(C)(C)C)C2(C)C.CN1CCCN(C[C@@H](NC(=O)N[C@H](C(=O)N2C[C@H]3[C@@H]([C@H]2C(=O)NC(CC2CCC2)C(=O)C(N)=O)C3(C)C)C(C)(C)C)C(C)(C)C)C1=O. The summed E-state index contributed by atoms with van der Waals surface area (Å²) in [7, 11) is 5.30. The van der Waals surface area contributed by atoms with Gasteiger partial charge in [0.15, 0.2) is 0 Å². The number of amides is 21. The second-order valence-electron chi connectivity index (χ2n) is 51.2. The summed E-state index contributed by atoms with van der Waals surface area (Å²) in [6.45, 7) is 62.3. The molecule has 0 aromatic heterocycles. The summed E-state index contributed by atoms with van der Waals surface area (Å²) in [5, 5.41) is 31.4. The number of urea groups is 6. The first kappa shape index (κ1) is 118. The fourth-order valence-corrected chi connectivity index (χ4v) is 22.1. The number of carbonyl (C=O) groups is 18. The van der Waals surface area contributed by atoms with Gasteiger partial charge in [0.25, 0.3) is 17.7 Å². The molecule has 0 bridgehead atoms. The van der Waals surface area contributed by atoms with Crippen LogP contribution in [0.1, 0.15) is 257 Å². The summed E-state index contributed by atoms with van der Waals surface area (Å²) in [5.41, 5.74) is 1.47. The van der Waals surface area contributed by atoms with Crippen LogP contribution in [0.3, 0.4) is 0 Å². The van der Waals surface area contributed by atoms with E-state index in [2.05, 4.69) is 113 Å². The Morgan fingerprint density at radius 1 is 0.379 bits per heavy atom. The third kappa shape index (κ3) is 28.9. The molecule has 13 N–H and O–H groups in total. The van der Waals surface area contributed by atoms with Crippen molar-refractivity contribution >= 4 is 107 Å². The lowest BCUT2D eigenvalue weighted by molar-refractivity contribution is -0.145. The molecule has 0 aromatic carbocycles. The van der Waals surface area contributed by atoms with E-state index in [0.29, 0.717) is 104 Å². The topological polar surface area (TPSA) is 495 Å². The van der Waals surface area contributed by atoms with E-state index >= 15 is 0 Å². The lowest BCUT2D eigenvalue weighted by Crippen LogP contribution is -2.63. The molecule has 39 nitrogen and oxygen atoms in total. The van der Waals surface area contributed by atoms with Gasteiger partial charge in [0.2, 0.25) is 52.8 Å². The number of nitrogens with zero attached hydrogens (tertiary/aromatic N) is 9. The molecule has 11 rings (SSSR count). The Morgan fingerprint density at radius 3 is 0.903 bits per heavy atom. The van der Waals surface area contributed by atoms with Gasteiger partial charge in [-0.25, -0.2) is 28.8 Å². The highest BCUT2D eigenvalue weighted by Gasteiger charge is 2.73. The largest absolute Gasteiger partial charge is 0.363 e. The van der Waals surface area contributed by atoms with Gasteiger partial charge in [-0.2, -0.15) is 0 Å². The van der Waals surface area contributed by atoms with E-state index in [0.717, 1.165) is 57.8 Å². The van der Waals surface area contributed by atoms with Gasteiger partial charge in [0, 0.05) is 113 Å². The highest BCUT2D eigenvalue weighted by atomic mass is 16.2. The lowest BCUT2D eigenvalue weighted by Gasteiger charge is -2.41. The number of ketones is 3. The number of piperidine rings is 3. The number of nitrogens with one attached hydrogen (secondary N) is 11. The van der Waals surface area contributed by atoms with Crippen molar-refractivity contribution < 1.29 is 86.3 Å². The smallest absolute Gasteiger partial charge is 0.319 e. The minimum Gasteiger partial charge on any atom is -0.363 e. The van der Waals surface area contributed by atoms with E-state index in [1.165, 1.54) is 12.2 Å². The quantitative estimate of drug-likeness (QED) is 0.0210. The molecule has 5 aliphatic carbocycles. The number of fused-ring (bicyclic) bond motifs is 3. The van der Waals surface area contributed by atoms with Crippen LogP contribution in [0.2, 0.25) is 0 Å². The number of hydrogen-bond donors (Lipinski definition) is 12. The van der Waals surface area contributed by atoms with Gasteiger partial charge < -0.3 is 108 Å². The molecule has 5 saturated carbocycles. The summed E-state index contributed by atoms with van der Waals surface area (Å²) in [6, 6.07) is -11.6. The molecule has 11 fully saturated rings. The Bertz CT molecular complexity index is 4810. The maximum absolute atomic E-state index is 14.4. The number of carbonyl (C=O) groups excluding carboxylic acids is 18. The van der Waals surface area contributed by atoms with Crippen LogP contribution in [0.5, 0.6) is 0 Å². The summed E-state index contributed by atoms with van der Waals surface area (Å²) in [4.78, 5) is 256. The zero-order valence-corrected chi connectivity index (χ0v) is 92.2. The van der Waals surface area contributed by atoms with Gasteiger partial charge >= 0.3 is 36.2 Å². The third-order valence-electron chi connectivity index (χ3n) is 32.6. The molecule has 11 aliphatic rings. The molecule has 21 amide bonds. The zero-order chi connectivity index (χ0) is 109. The number of hydrogen-bond acceptors (Lipinski definition) is 18. The van der Waals surface area contributed by atoms with Crippen molar-refractivity contribution in [1.29, 1.82) is 0 Å². The first-order chi connectivity index (χ1) is 67.0. The molecular formula is C106H177N21O18. The number of unbranched alkanes of at least 4 members (excludes halogenated alkanes) is 1. The van der Waals surface area contributed by atoms with Gasteiger partial charge in [0.1, 0.15) is 36.3 Å². The molecule has 814 valence electrons. The molecule has 6 saturated heterocycles.